The zero-order valence-corrected chi connectivity index (χ0v) is 16.2. The van der Waals surface area contributed by atoms with Crippen LogP contribution in [0.25, 0.3) is 0 Å². The molecular formula is C24H23NOS. The fraction of sp³-hybridized carbons (Fsp3) is 0.208. The van der Waals surface area contributed by atoms with Crippen LogP contribution >= 0.6 is 11.8 Å². The van der Waals surface area contributed by atoms with Gasteiger partial charge in [-0.05, 0) is 29.7 Å². The Morgan fingerprint density at radius 1 is 0.815 bits per heavy atom. The van der Waals surface area contributed by atoms with Gasteiger partial charge < -0.3 is 4.90 Å². The predicted molar refractivity (Wildman–Crippen MR) is 111 cm³/mol. The molecule has 0 aliphatic carbocycles. The first kappa shape index (κ1) is 17.9. The van der Waals surface area contributed by atoms with Gasteiger partial charge in [0.05, 0.1) is 17.3 Å². The lowest BCUT2D eigenvalue weighted by atomic mass is 9.88. The summed E-state index contributed by atoms with van der Waals surface area (Å²) < 4.78 is 0. The summed E-state index contributed by atoms with van der Waals surface area (Å²) in [5.41, 5.74) is 2.32. The van der Waals surface area contributed by atoms with Crippen LogP contribution in [0.4, 0.5) is 0 Å². The molecule has 1 heterocycles. The number of hydrogen-bond acceptors (Lipinski definition) is 2. The van der Waals surface area contributed by atoms with Crippen LogP contribution in [0, 0.1) is 5.92 Å². The summed E-state index contributed by atoms with van der Waals surface area (Å²) in [6.07, 6.45) is 0.871. The molecule has 136 valence electrons. The summed E-state index contributed by atoms with van der Waals surface area (Å²) in [6.45, 7) is 2.11. The summed E-state index contributed by atoms with van der Waals surface area (Å²) in [7, 11) is 0. The van der Waals surface area contributed by atoms with E-state index in [0.29, 0.717) is 0 Å². The van der Waals surface area contributed by atoms with Crippen LogP contribution < -0.4 is 0 Å². The Kier molecular flexibility index (Phi) is 5.30. The molecule has 2 nitrogen and oxygen atoms in total. The third-order valence-corrected chi connectivity index (χ3v) is 6.48. The molecule has 1 aliphatic rings. The van der Waals surface area contributed by atoms with Crippen molar-refractivity contribution >= 4 is 17.7 Å². The van der Waals surface area contributed by atoms with Gasteiger partial charge in [-0.25, -0.2) is 0 Å². The SMILES string of the molecule is CC[C@@H]1C(=O)N(C(c2ccccc2)c2ccccc2)[C@H]1Sc1ccccc1. The number of amides is 1. The highest BCUT2D eigenvalue weighted by atomic mass is 32.2. The minimum atomic E-state index is -0.0519. The Morgan fingerprint density at radius 3 is 1.78 bits per heavy atom. The molecule has 0 spiro atoms. The lowest BCUT2D eigenvalue weighted by Crippen LogP contribution is -2.60. The quantitative estimate of drug-likeness (QED) is 0.512. The summed E-state index contributed by atoms with van der Waals surface area (Å²) in [5, 5.41) is 0.148. The van der Waals surface area contributed by atoms with Gasteiger partial charge in [-0.2, -0.15) is 0 Å². The second kappa shape index (κ2) is 8.01. The topological polar surface area (TPSA) is 20.3 Å². The van der Waals surface area contributed by atoms with Gasteiger partial charge in [0.25, 0.3) is 0 Å². The average molecular weight is 374 g/mol. The van der Waals surface area contributed by atoms with E-state index in [1.54, 1.807) is 11.8 Å². The minimum absolute atomic E-state index is 0.0519. The second-order valence-electron chi connectivity index (χ2n) is 6.81. The van der Waals surface area contributed by atoms with E-state index in [1.807, 2.05) is 42.5 Å². The first-order chi connectivity index (χ1) is 13.3. The number of hydrogen-bond donors (Lipinski definition) is 0. The van der Waals surface area contributed by atoms with E-state index in [-0.39, 0.29) is 23.2 Å². The van der Waals surface area contributed by atoms with Crippen molar-refractivity contribution in [2.75, 3.05) is 0 Å². The predicted octanol–water partition coefficient (Wildman–Crippen LogP) is 5.76. The normalized spacial score (nSPS) is 19.2. The molecule has 4 rings (SSSR count). The Balaban J connectivity index is 1.72. The maximum atomic E-state index is 13.1. The Morgan fingerprint density at radius 2 is 1.30 bits per heavy atom. The van der Waals surface area contributed by atoms with Crippen LogP contribution in [0.5, 0.6) is 0 Å². The fourth-order valence-corrected chi connectivity index (χ4v) is 5.17. The molecule has 0 N–H and O–H groups in total. The first-order valence-electron chi connectivity index (χ1n) is 9.43. The number of carbonyl (C=O) groups excluding carboxylic acids is 1. The standard InChI is InChI=1S/C24H23NOS/c1-2-21-23(26)25(24(21)27-20-16-10-5-11-17-20)22(18-12-6-3-7-13-18)19-14-8-4-9-15-19/h3-17,21-22,24H,2H2,1H3/t21-,24+/m1/s1. The van der Waals surface area contributed by atoms with E-state index >= 15 is 0 Å². The highest BCUT2D eigenvalue weighted by Crippen LogP contribution is 2.47. The molecule has 1 fully saturated rings. The molecule has 1 aliphatic heterocycles. The molecular weight excluding hydrogens is 350 g/mol. The van der Waals surface area contributed by atoms with Gasteiger partial charge >= 0.3 is 0 Å². The van der Waals surface area contributed by atoms with Crippen LogP contribution in [-0.4, -0.2) is 16.2 Å². The molecule has 0 saturated carbocycles. The summed E-state index contributed by atoms with van der Waals surface area (Å²) >= 11 is 1.80. The molecule has 0 bridgehead atoms. The Hall–Kier alpha value is -2.52. The molecule has 1 saturated heterocycles. The third-order valence-electron chi connectivity index (χ3n) is 5.14. The van der Waals surface area contributed by atoms with Crippen molar-refractivity contribution in [2.24, 2.45) is 5.92 Å². The number of nitrogens with zero attached hydrogens (tertiary/aromatic N) is 1. The zero-order valence-electron chi connectivity index (χ0n) is 15.4. The van der Waals surface area contributed by atoms with Gasteiger partial charge in [-0.15, -0.1) is 11.8 Å². The van der Waals surface area contributed by atoms with Gasteiger partial charge in [0.15, 0.2) is 0 Å². The maximum Gasteiger partial charge on any atom is 0.230 e. The molecule has 0 unspecified atom stereocenters. The van der Waals surface area contributed by atoms with Crippen molar-refractivity contribution in [2.45, 2.75) is 29.7 Å². The minimum Gasteiger partial charge on any atom is -0.318 e. The van der Waals surface area contributed by atoms with Crippen molar-refractivity contribution in [1.29, 1.82) is 0 Å². The van der Waals surface area contributed by atoms with Gasteiger partial charge in [0.1, 0.15) is 0 Å². The Labute approximate surface area is 165 Å². The number of rotatable bonds is 6. The summed E-state index contributed by atoms with van der Waals surface area (Å²) in [5.74, 6) is 0.328. The first-order valence-corrected chi connectivity index (χ1v) is 10.3. The number of β-lactam (4-membered cyclic amide) rings is 1. The van der Waals surface area contributed by atoms with Gasteiger partial charge in [-0.1, -0.05) is 85.8 Å². The molecule has 3 aromatic rings. The van der Waals surface area contributed by atoms with E-state index in [4.69, 9.17) is 0 Å². The van der Waals surface area contributed by atoms with Crippen LogP contribution in [-0.2, 0) is 4.79 Å². The largest absolute Gasteiger partial charge is 0.318 e. The monoisotopic (exact) mass is 373 g/mol. The van der Waals surface area contributed by atoms with Crippen molar-refractivity contribution in [1.82, 2.24) is 4.90 Å². The lowest BCUT2D eigenvalue weighted by molar-refractivity contribution is -0.153. The Bertz CT molecular complexity index is 843. The maximum absolute atomic E-state index is 13.1. The van der Waals surface area contributed by atoms with Crippen molar-refractivity contribution in [3.63, 3.8) is 0 Å². The van der Waals surface area contributed by atoms with Crippen molar-refractivity contribution in [3.8, 4) is 0 Å². The van der Waals surface area contributed by atoms with E-state index in [1.165, 1.54) is 4.90 Å². The second-order valence-corrected chi connectivity index (χ2v) is 8.00. The van der Waals surface area contributed by atoms with Crippen LogP contribution in [0.1, 0.15) is 30.5 Å². The van der Waals surface area contributed by atoms with Gasteiger partial charge in [0, 0.05) is 4.90 Å². The van der Waals surface area contributed by atoms with E-state index < -0.39 is 0 Å². The van der Waals surface area contributed by atoms with Crippen LogP contribution in [0.3, 0.4) is 0 Å². The lowest BCUT2D eigenvalue weighted by Gasteiger charge is -2.50. The number of likely N-dealkylation sites (tertiary alicyclic amines) is 1. The zero-order chi connectivity index (χ0) is 18.6. The van der Waals surface area contributed by atoms with Crippen molar-refractivity contribution in [3.05, 3.63) is 102 Å². The van der Waals surface area contributed by atoms with Gasteiger partial charge in [-0.3, -0.25) is 4.79 Å². The number of thioether (sulfide) groups is 1. The molecule has 2 atom stereocenters. The molecule has 0 aromatic heterocycles. The molecule has 3 heteroatoms. The highest BCUT2D eigenvalue weighted by molar-refractivity contribution is 8.00. The molecule has 27 heavy (non-hydrogen) atoms. The number of benzene rings is 3. The van der Waals surface area contributed by atoms with Crippen LogP contribution in [0.15, 0.2) is 95.9 Å². The summed E-state index contributed by atoms with van der Waals surface area (Å²) in [6, 6.07) is 31.0. The smallest absolute Gasteiger partial charge is 0.230 e. The molecule has 1 amide bonds. The van der Waals surface area contributed by atoms with E-state index in [0.717, 1.165) is 17.5 Å². The van der Waals surface area contributed by atoms with Crippen LogP contribution in [0.2, 0.25) is 0 Å². The van der Waals surface area contributed by atoms with Crippen molar-refractivity contribution < 1.29 is 4.79 Å². The summed E-state index contributed by atoms with van der Waals surface area (Å²) in [4.78, 5) is 16.4. The highest BCUT2D eigenvalue weighted by Gasteiger charge is 2.50. The average Bonchev–Trinajstić information content (AvgIpc) is 2.74. The molecule has 3 aromatic carbocycles. The fourth-order valence-electron chi connectivity index (χ4n) is 3.76. The third kappa shape index (κ3) is 3.52. The van der Waals surface area contributed by atoms with E-state index in [2.05, 4.69) is 60.4 Å². The van der Waals surface area contributed by atoms with Gasteiger partial charge in [0.2, 0.25) is 5.91 Å². The van der Waals surface area contributed by atoms with E-state index in [9.17, 15) is 4.79 Å². The molecule has 0 radical (unpaired) electrons. The number of carbonyl (C=O) groups is 1.